The molecule has 1 aliphatic rings. The number of nitrogens with one attached hydrogen (secondary N) is 1. The largest absolute Gasteiger partial charge is 0.271 e. The Bertz CT molecular complexity index is 701. The topological polar surface area (TPSA) is 54.4 Å². The Morgan fingerprint density at radius 3 is 2.33 bits per heavy atom. The average molecular weight is 321 g/mol. The molecule has 0 saturated heterocycles. The summed E-state index contributed by atoms with van der Waals surface area (Å²) in [6, 6.07) is 11.9. The fourth-order valence-electron chi connectivity index (χ4n) is 3.20. The number of carbonyl (C=O) groups is 1. The number of pyridine rings is 1. The number of rotatable bonds is 4. The van der Waals surface area contributed by atoms with Crippen molar-refractivity contribution in [2.75, 3.05) is 0 Å². The summed E-state index contributed by atoms with van der Waals surface area (Å²) in [6.45, 7) is 1.91. The van der Waals surface area contributed by atoms with Crippen molar-refractivity contribution in [3.05, 3.63) is 65.5 Å². The lowest BCUT2D eigenvalue weighted by Gasteiger charge is -2.22. The third-order valence-corrected chi connectivity index (χ3v) is 4.67. The molecule has 3 rings (SSSR count). The second-order valence-electron chi connectivity index (χ2n) is 6.33. The summed E-state index contributed by atoms with van der Waals surface area (Å²) in [5.41, 5.74) is 6.40. The molecule has 0 bridgehead atoms. The molecule has 1 aromatic carbocycles. The van der Waals surface area contributed by atoms with Gasteiger partial charge in [-0.05, 0) is 48.9 Å². The summed E-state index contributed by atoms with van der Waals surface area (Å²) in [5.74, 6) is 0.479. The molecule has 2 aromatic rings. The van der Waals surface area contributed by atoms with Crippen LogP contribution in [0, 0.1) is 0 Å². The Morgan fingerprint density at radius 1 is 1.00 bits per heavy atom. The number of hydrogen-bond donors (Lipinski definition) is 1. The SMILES string of the molecule is CC(=NNC(=O)c1ccncc1)c1ccc(C2CCCCC2)cc1. The van der Waals surface area contributed by atoms with E-state index in [4.69, 9.17) is 0 Å². The Hall–Kier alpha value is -2.49. The molecule has 1 heterocycles. The zero-order valence-electron chi connectivity index (χ0n) is 14.0. The minimum absolute atomic E-state index is 0.226. The smallest absolute Gasteiger partial charge is 0.267 e. The lowest BCUT2D eigenvalue weighted by molar-refractivity contribution is 0.0954. The standard InChI is InChI=1S/C20H23N3O/c1-15(22-23-20(24)19-11-13-21-14-12-19)16-7-9-18(10-8-16)17-5-3-2-4-6-17/h7-14,17H,2-6H2,1H3,(H,23,24). The van der Waals surface area contributed by atoms with E-state index in [2.05, 4.69) is 39.8 Å². The van der Waals surface area contributed by atoms with Gasteiger partial charge in [-0.1, -0.05) is 43.5 Å². The first kappa shape index (κ1) is 16.4. The van der Waals surface area contributed by atoms with Crippen LogP contribution in [0.3, 0.4) is 0 Å². The molecular weight excluding hydrogens is 298 g/mol. The van der Waals surface area contributed by atoms with Crippen LogP contribution in [0.5, 0.6) is 0 Å². The van der Waals surface area contributed by atoms with Crippen molar-refractivity contribution in [2.24, 2.45) is 5.10 Å². The summed E-state index contributed by atoms with van der Waals surface area (Å²) in [4.78, 5) is 15.9. The zero-order chi connectivity index (χ0) is 16.8. The van der Waals surface area contributed by atoms with E-state index in [9.17, 15) is 4.79 Å². The first-order chi connectivity index (χ1) is 11.7. The molecule has 0 radical (unpaired) electrons. The number of carbonyl (C=O) groups excluding carboxylic acids is 1. The van der Waals surface area contributed by atoms with E-state index in [0.717, 1.165) is 11.3 Å². The average Bonchev–Trinajstić information content (AvgIpc) is 2.67. The Balaban J connectivity index is 1.64. The third kappa shape index (κ3) is 4.07. The minimum Gasteiger partial charge on any atom is -0.267 e. The van der Waals surface area contributed by atoms with Gasteiger partial charge < -0.3 is 0 Å². The molecular formula is C20H23N3O. The molecule has 0 unspecified atom stereocenters. The Labute approximate surface area is 143 Å². The molecule has 1 fully saturated rings. The van der Waals surface area contributed by atoms with Crippen molar-refractivity contribution < 1.29 is 4.79 Å². The van der Waals surface area contributed by atoms with E-state index < -0.39 is 0 Å². The van der Waals surface area contributed by atoms with Crippen LogP contribution in [0.25, 0.3) is 0 Å². The van der Waals surface area contributed by atoms with Crippen LogP contribution in [0.15, 0.2) is 53.9 Å². The highest BCUT2D eigenvalue weighted by Gasteiger charge is 2.15. The van der Waals surface area contributed by atoms with Crippen LogP contribution < -0.4 is 5.43 Å². The lowest BCUT2D eigenvalue weighted by atomic mass is 9.84. The summed E-state index contributed by atoms with van der Waals surface area (Å²) < 4.78 is 0. The van der Waals surface area contributed by atoms with E-state index in [-0.39, 0.29) is 5.91 Å². The maximum absolute atomic E-state index is 12.0. The van der Waals surface area contributed by atoms with Crippen molar-refractivity contribution in [1.82, 2.24) is 10.4 Å². The van der Waals surface area contributed by atoms with Crippen molar-refractivity contribution in [3.8, 4) is 0 Å². The fourth-order valence-corrected chi connectivity index (χ4v) is 3.20. The van der Waals surface area contributed by atoms with Gasteiger partial charge in [0.05, 0.1) is 5.71 Å². The summed E-state index contributed by atoms with van der Waals surface area (Å²) in [6.07, 6.45) is 9.84. The molecule has 1 amide bonds. The van der Waals surface area contributed by atoms with Gasteiger partial charge in [-0.3, -0.25) is 9.78 Å². The van der Waals surface area contributed by atoms with Crippen molar-refractivity contribution in [2.45, 2.75) is 44.9 Å². The lowest BCUT2D eigenvalue weighted by Crippen LogP contribution is -2.19. The fraction of sp³-hybridized carbons (Fsp3) is 0.350. The van der Waals surface area contributed by atoms with E-state index in [1.54, 1.807) is 24.5 Å². The van der Waals surface area contributed by atoms with Gasteiger partial charge in [0.1, 0.15) is 0 Å². The summed E-state index contributed by atoms with van der Waals surface area (Å²) in [7, 11) is 0. The van der Waals surface area contributed by atoms with E-state index >= 15 is 0 Å². The summed E-state index contributed by atoms with van der Waals surface area (Å²) >= 11 is 0. The van der Waals surface area contributed by atoms with Crippen LogP contribution in [-0.2, 0) is 0 Å². The highest BCUT2D eigenvalue weighted by Crippen LogP contribution is 2.32. The molecule has 1 N–H and O–H groups in total. The quantitative estimate of drug-likeness (QED) is 0.675. The maximum atomic E-state index is 12.0. The van der Waals surface area contributed by atoms with E-state index in [1.807, 2.05) is 6.92 Å². The number of hydrogen-bond acceptors (Lipinski definition) is 3. The molecule has 4 nitrogen and oxygen atoms in total. The van der Waals surface area contributed by atoms with Gasteiger partial charge in [-0.2, -0.15) is 5.10 Å². The van der Waals surface area contributed by atoms with Crippen molar-refractivity contribution >= 4 is 11.6 Å². The third-order valence-electron chi connectivity index (χ3n) is 4.67. The molecule has 0 spiro atoms. The van der Waals surface area contributed by atoms with Crippen LogP contribution in [0.1, 0.15) is 66.4 Å². The molecule has 0 atom stereocenters. The van der Waals surface area contributed by atoms with Gasteiger partial charge in [0.25, 0.3) is 5.91 Å². The molecule has 1 aromatic heterocycles. The monoisotopic (exact) mass is 321 g/mol. The normalized spacial score (nSPS) is 16.0. The molecule has 1 saturated carbocycles. The number of nitrogens with zero attached hydrogens (tertiary/aromatic N) is 2. The summed E-state index contributed by atoms with van der Waals surface area (Å²) in [5, 5.41) is 4.21. The first-order valence-electron chi connectivity index (χ1n) is 8.59. The van der Waals surface area contributed by atoms with Crippen LogP contribution in [-0.4, -0.2) is 16.6 Å². The highest BCUT2D eigenvalue weighted by molar-refractivity contribution is 6.00. The minimum atomic E-state index is -0.226. The van der Waals surface area contributed by atoms with Gasteiger partial charge in [0.15, 0.2) is 0 Å². The molecule has 4 heteroatoms. The van der Waals surface area contributed by atoms with Gasteiger partial charge in [0.2, 0.25) is 0 Å². The van der Waals surface area contributed by atoms with E-state index in [0.29, 0.717) is 11.5 Å². The van der Waals surface area contributed by atoms with Crippen molar-refractivity contribution in [1.29, 1.82) is 0 Å². The van der Waals surface area contributed by atoms with Gasteiger partial charge in [-0.15, -0.1) is 0 Å². The number of amides is 1. The Morgan fingerprint density at radius 2 is 1.67 bits per heavy atom. The first-order valence-corrected chi connectivity index (χ1v) is 8.59. The van der Waals surface area contributed by atoms with Crippen LogP contribution in [0.2, 0.25) is 0 Å². The zero-order valence-corrected chi connectivity index (χ0v) is 14.0. The highest BCUT2D eigenvalue weighted by atomic mass is 16.2. The predicted octanol–water partition coefficient (Wildman–Crippen LogP) is 4.28. The number of hydrazone groups is 1. The number of aromatic nitrogens is 1. The Kier molecular flexibility index (Phi) is 5.36. The molecule has 24 heavy (non-hydrogen) atoms. The van der Waals surface area contributed by atoms with Crippen LogP contribution >= 0.6 is 0 Å². The molecule has 124 valence electrons. The second-order valence-corrected chi connectivity index (χ2v) is 6.33. The van der Waals surface area contributed by atoms with Crippen molar-refractivity contribution in [3.63, 3.8) is 0 Å². The van der Waals surface area contributed by atoms with Gasteiger partial charge >= 0.3 is 0 Å². The molecule has 0 aliphatic heterocycles. The maximum Gasteiger partial charge on any atom is 0.271 e. The van der Waals surface area contributed by atoms with Gasteiger partial charge in [-0.25, -0.2) is 5.43 Å². The number of benzene rings is 1. The second kappa shape index (κ2) is 7.86. The molecule has 1 aliphatic carbocycles. The van der Waals surface area contributed by atoms with Gasteiger partial charge in [0, 0.05) is 18.0 Å². The predicted molar refractivity (Wildman–Crippen MR) is 96.2 cm³/mol. The van der Waals surface area contributed by atoms with Crippen LogP contribution in [0.4, 0.5) is 0 Å². The van der Waals surface area contributed by atoms with E-state index in [1.165, 1.54) is 37.7 Å².